The van der Waals surface area contributed by atoms with Gasteiger partial charge in [-0.05, 0) is 19.9 Å². The van der Waals surface area contributed by atoms with E-state index >= 15 is 0 Å². The van der Waals surface area contributed by atoms with E-state index in [9.17, 15) is 9.59 Å². The first-order valence-corrected chi connectivity index (χ1v) is 7.94. The molecule has 2 rings (SSSR count). The molecule has 0 aliphatic carbocycles. The van der Waals surface area contributed by atoms with Gasteiger partial charge in [0.2, 0.25) is 5.88 Å². The molecular weight excluding hydrogens is 371 g/mol. The Kier molecular flexibility index (Phi) is 5.92. The number of carbonyl (C=O) groups is 2. The highest BCUT2D eigenvalue weighted by Gasteiger charge is 2.20. The second-order valence-corrected chi connectivity index (χ2v) is 5.96. The fourth-order valence-electron chi connectivity index (χ4n) is 2.10. The Hall–Kier alpha value is -2.25. The molecule has 0 aliphatic rings. The number of halogens is 2. The highest BCUT2D eigenvalue weighted by Crippen LogP contribution is 2.39. The van der Waals surface area contributed by atoms with Gasteiger partial charge in [0.25, 0.3) is 0 Å². The minimum absolute atomic E-state index is 0.186. The van der Waals surface area contributed by atoms with Crippen LogP contribution in [0, 0.1) is 6.92 Å². The van der Waals surface area contributed by atoms with Crippen molar-refractivity contribution >= 4 is 35.5 Å². The molecular formula is C16H16Cl2N2O5. The highest BCUT2D eigenvalue weighted by atomic mass is 35.5. The number of hydrogen-bond donors (Lipinski definition) is 0. The molecule has 0 radical (unpaired) electrons. The number of hydrogen-bond acceptors (Lipinski definition) is 6. The van der Waals surface area contributed by atoms with Crippen LogP contribution in [0.1, 0.15) is 23.0 Å². The Balaban J connectivity index is 2.38. The molecule has 0 amide bonds. The smallest absolute Gasteiger partial charge is 0.346 e. The first-order valence-electron chi connectivity index (χ1n) is 7.18. The molecule has 25 heavy (non-hydrogen) atoms. The van der Waals surface area contributed by atoms with E-state index in [0.717, 1.165) is 0 Å². The number of aromatic nitrogens is 2. The third kappa shape index (κ3) is 4.05. The van der Waals surface area contributed by atoms with Crippen LogP contribution in [-0.4, -0.2) is 35.2 Å². The van der Waals surface area contributed by atoms with Crippen LogP contribution in [0.3, 0.4) is 0 Å². The lowest BCUT2D eigenvalue weighted by molar-refractivity contribution is -0.147. The Labute approximate surface area is 154 Å². The van der Waals surface area contributed by atoms with Crippen LogP contribution in [0.25, 0.3) is 0 Å². The molecule has 2 aromatic rings. The molecule has 134 valence electrons. The van der Waals surface area contributed by atoms with Gasteiger partial charge >= 0.3 is 5.97 Å². The predicted octanol–water partition coefficient (Wildman–Crippen LogP) is 3.58. The Bertz CT molecular complexity index is 819. The first kappa shape index (κ1) is 19.1. The van der Waals surface area contributed by atoms with Crippen LogP contribution in [0.2, 0.25) is 10.0 Å². The van der Waals surface area contributed by atoms with Crippen molar-refractivity contribution in [3.63, 3.8) is 0 Å². The number of methoxy groups -OCH3 is 1. The van der Waals surface area contributed by atoms with E-state index in [-0.39, 0.29) is 27.4 Å². The molecule has 1 heterocycles. The maximum absolute atomic E-state index is 11.5. The molecule has 0 bridgehead atoms. The maximum Gasteiger partial charge on any atom is 0.346 e. The molecule has 7 nitrogen and oxygen atoms in total. The number of carbonyl (C=O) groups excluding carboxylic acids is 2. The summed E-state index contributed by atoms with van der Waals surface area (Å²) in [6, 6.07) is 2.85. The van der Waals surface area contributed by atoms with Crippen molar-refractivity contribution in [3.8, 4) is 17.4 Å². The van der Waals surface area contributed by atoms with Gasteiger partial charge in [-0.2, -0.15) is 5.10 Å². The number of rotatable bonds is 6. The minimum Gasteiger partial charge on any atom is -0.477 e. The number of aryl methyl sites for hydroxylation is 2. The zero-order chi connectivity index (χ0) is 18.7. The molecule has 0 N–H and O–H groups in total. The molecule has 0 aliphatic heterocycles. The summed E-state index contributed by atoms with van der Waals surface area (Å²) in [7, 11) is 2.89. The van der Waals surface area contributed by atoms with Crippen LogP contribution in [0.4, 0.5) is 0 Å². The standard InChI is InChI=1S/C16H16Cl2N2O5/c1-8-10(7-21)15(20(3)19-8)25-14-6-13(11(17)5-12(14)18)24-9(2)16(22)23-4/h5-7,9H,1-4H3/t9-/m0/s1. The highest BCUT2D eigenvalue weighted by molar-refractivity contribution is 6.36. The quantitative estimate of drug-likeness (QED) is 0.557. The van der Waals surface area contributed by atoms with Gasteiger partial charge in [0, 0.05) is 13.1 Å². The van der Waals surface area contributed by atoms with Gasteiger partial charge in [0.1, 0.15) is 5.75 Å². The third-order valence-corrected chi connectivity index (χ3v) is 3.95. The van der Waals surface area contributed by atoms with Gasteiger partial charge in [-0.25, -0.2) is 9.48 Å². The lowest BCUT2D eigenvalue weighted by atomic mass is 10.3. The lowest BCUT2D eigenvalue weighted by Gasteiger charge is -2.16. The summed E-state index contributed by atoms with van der Waals surface area (Å²) in [4.78, 5) is 22.8. The lowest BCUT2D eigenvalue weighted by Crippen LogP contribution is -2.25. The Morgan fingerprint density at radius 2 is 1.92 bits per heavy atom. The number of esters is 1. The van der Waals surface area contributed by atoms with Crippen LogP contribution >= 0.6 is 23.2 Å². The van der Waals surface area contributed by atoms with E-state index in [4.69, 9.17) is 32.7 Å². The summed E-state index contributed by atoms with van der Waals surface area (Å²) < 4.78 is 17.2. The van der Waals surface area contributed by atoms with E-state index < -0.39 is 12.1 Å². The van der Waals surface area contributed by atoms with E-state index in [0.29, 0.717) is 17.5 Å². The van der Waals surface area contributed by atoms with Crippen molar-refractivity contribution in [2.24, 2.45) is 7.05 Å². The first-order chi connectivity index (χ1) is 11.8. The van der Waals surface area contributed by atoms with Crippen molar-refractivity contribution in [2.75, 3.05) is 7.11 Å². The normalized spacial score (nSPS) is 11.8. The van der Waals surface area contributed by atoms with E-state index in [1.165, 1.54) is 30.8 Å². The molecule has 0 saturated heterocycles. The Morgan fingerprint density at radius 3 is 2.52 bits per heavy atom. The maximum atomic E-state index is 11.5. The fraction of sp³-hybridized carbons (Fsp3) is 0.312. The largest absolute Gasteiger partial charge is 0.477 e. The molecule has 0 saturated carbocycles. The van der Waals surface area contributed by atoms with Crippen molar-refractivity contribution in [1.82, 2.24) is 9.78 Å². The minimum atomic E-state index is -0.874. The zero-order valence-corrected chi connectivity index (χ0v) is 15.5. The number of nitrogens with zero attached hydrogens (tertiary/aromatic N) is 2. The molecule has 0 spiro atoms. The summed E-state index contributed by atoms with van der Waals surface area (Å²) >= 11 is 12.3. The molecule has 1 atom stereocenters. The van der Waals surface area contributed by atoms with E-state index in [1.807, 2.05) is 0 Å². The second kappa shape index (κ2) is 7.76. The Morgan fingerprint density at radius 1 is 1.28 bits per heavy atom. The van der Waals surface area contributed by atoms with Crippen LogP contribution in [0.5, 0.6) is 17.4 Å². The average molecular weight is 387 g/mol. The monoisotopic (exact) mass is 386 g/mol. The summed E-state index contributed by atoms with van der Waals surface area (Å²) in [5, 5.41) is 4.54. The predicted molar refractivity (Wildman–Crippen MR) is 92.0 cm³/mol. The number of ether oxygens (including phenoxy) is 3. The van der Waals surface area contributed by atoms with Crippen LogP contribution < -0.4 is 9.47 Å². The SMILES string of the molecule is COC(=O)[C@H](C)Oc1cc(Oc2c(C=O)c(C)nn2C)c(Cl)cc1Cl. The third-order valence-electron chi connectivity index (χ3n) is 3.36. The number of benzene rings is 1. The van der Waals surface area contributed by atoms with E-state index in [2.05, 4.69) is 9.84 Å². The second-order valence-electron chi connectivity index (χ2n) is 5.14. The van der Waals surface area contributed by atoms with Gasteiger partial charge < -0.3 is 14.2 Å². The van der Waals surface area contributed by atoms with Crippen LogP contribution in [0.15, 0.2) is 12.1 Å². The van der Waals surface area contributed by atoms with E-state index in [1.54, 1.807) is 14.0 Å². The van der Waals surface area contributed by atoms with Crippen LogP contribution in [-0.2, 0) is 16.6 Å². The van der Waals surface area contributed by atoms with Crippen molar-refractivity contribution in [1.29, 1.82) is 0 Å². The van der Waals surface area contributed by atoms with Gasteiger partial charge in [0.15, 0.2) is 18.1 Å². The summed E-state index contributed by atoms with van der Waals surface area (Å²) in [5.74, 6) is 0.0532. The molecule has 1 aromatic carbocycles. The molecule has 9 heteroatoms. The van der Waals surface area contributed by atoms with Gasteiger partial charge in [-0.15, -0.1) is 0 Å². The average Bonchev–Trinajstić information content (AvgIpc) is 2.83. The zero-order valence-electron chi connectivity index (χ0n) is 14.0. The number of aldehydes is 1. The summed E-state index contributed by atoms with van der Waals surface area (Å²) in [6.45, 7) is 3.21. The topological polar surface area (TPSA) is 79.7 Å². The van der Waals surface area contributed by atoms with Crippen molar-refractivity contribution < 1.29 is 23.8 Å². The fourth-order valence-corrected chi connectivity index (χ4v) is 2.56. The molecule has 0 fully saturated rings. The van der Waals surface area contributed by atoms with Gasteiger partial charge in [-0.3, -0.25) is 4.79 Å². The molecule has 0 unspecified atom stereocenters. The summed E-state index contributed by atoms with van der Waals surface area (Å²) in [5.41, 5.74) is 0.826. The molecule has 1 aromatic heterocycles. The van der Waals surface area contributed by atoms with Crippen molar-refractivity contribution in [2.45, 2.75) is 20.0 Å². The van der Waals surface area contributed by atoms with Gasteiger partial charge in [-0.1, -0.05) is 23.2 Å². The van der Waals surface area contributed by atoms with Gasteiger partial charge in [0.05, 0.1) is 28.4 Å². The summed E-state index contributed by atoms with van der Waals surface area (Å²) in [6.07, 6.45) is -0.223. The van der Waals surface area contributed by atoms with Crippen molar-refractivity contribution in [3.05, 3.63) is 33.4 Å².